The summed E-state index contributed by atoms with van der Waals surface area (Å²) in [5, 5.41) is 7.40. The first-order chi connectivity index (χ1) is 23.9. The van der Waals surface area contributed by atoms with Crippen molar-refractivity contribution in [1.82, 2.24) is 13.7 Å². The summed E-state index contributed by atoms with van der Waals surface area (Å²) in [6.07, 6.45) is 0. The molecule has 6 heterocycles. The molecule has 5 nitrogen and oxygen atoms in total. The lowest BCUT2D eigenvalue weighted by molar-refractivity contribution is 0.477. The number of hydrogen-bond donors (Lipinski definition) is 0. The Balaban J connectivity index is 1.40. The van der Waals surface area contributed by atoms with Gasteiger partial charge in [0.15, 0.2) is 16.9 Å². The zero-order valence-electron chi connectivity index (χ0n) is 25.4. The molecule has 6 heteroatoms. The Kier molecular flexibility index (Phi) is 3.95. The average Bonchev–Trinajstić information content (AvgIpc) is 3.66. The zero-order chi connectivity index (χ0) is 30.8. The lowest BCUT2D eigenvalue weighted by Crippen LogP contribution is -2.54. The first kappa shape index (κ1) is 23.9. The first-order valence-electron chi connectivity index (χ1n) is 16.5. The minimum atomic E-state index is -0.0972. The van der Waals surface area contributed by atoms with Gasteiger partial charge in [-0.2, -0.15) is 0 Å². The van der Waals surface area contributed by atoms with E-state index < -0.39 is 0 Å². The maximum atomic E-state index is 7.06. The number of aromatic nitrogens is 3. The summed E-state index contributed by atoms with van der Waals surface area (Å²) >= 11 is 0. The van der Waals surface area contributed by atoms with Crippen LogP contribution in [0.1, 0.15) is 0 Å². The van der Waals surface area contributed by atoms with Crippen LogP contribution in [0.2, 0.25) is 0 Å². The van der Waals surface area contributed by atoms with Gasteiger partial charge >= 0.3 is 6.85 Å². The van der Waals surface area contributed by atoms with E-state index in [1.807, 2.05) is 6.07 Å². The Labute approximate surface area is 272 Å². The molecular formula is C42H22BN3O2. The molecule has 0 fully saturated rings. The molecule has 0 saturated carbocycles. The van der Waals surface area contributed by atoms with Gasteiger partial charge in [-0.05, 0) is 41.4 Å². The van der Waals surface area contributed by atoms with Crippen LogP contribution in [0.4, 0.5) is 0 Å². The third-order valence-corrected chi connectivity index (χ3v) is 11.0. The van der Waals surface area contributed by atoms with E-state index in [0.717, 1.165) is 50.3 Å². The van der Waals surface area contributed by atoms with Crippen molar-refractivity contribution in [3.8, 4) is 28.3 Å². The van der Waals surface area contributed by atoms with Crippen molar-refractivity contribution in [2.24, 2.45) is 0 Å². The molecule has 4 aliphatic rings. The second kappa shape index (κ2) is 7.93. The van der Waals surface area contributed by atoms with Crippen LogP contribution < -0.4 is 15.7 Å². The predicted octanol–water partition coefficient (Wildman–Crippen LogP) is 9.22. The molecule has 0 bridgehead atoms. The van der Waals surface area contributed by atoms with E-state index in [2.05, 4.69) is 141 Å². The maximum absolute atomic E-state index is 7.06. The Bertz CT molecular complexity index is 3230. The summed E-state index contributed by atoms with van der Waals surface area (Å²) < 4.78 is 21.5. The first-order valence-corrected chi connectivity index (χ1v) is 16.5. The van der Waals surface area contributed by atoms with Crippen LogP contribution >= 0.6 is 0 Å². The van der Waals surface area contributed by atoms with Gasteiger partial charge in [0.25, 0.3) is 0 Å². The molecule has 0 amide bonds. The molecule has 0 spiro atoms. The summed E-state index contributed by atoms with van der Waals surface area (Å²) in [6, 6.07) is 48.0. The number of para-hydroxylation sites is 7. The van der Waals surface area contributed by atoms with Gasteiger partial charge in [-0.3, -0.25) is 0 Å². The maximum Gasteiger partial charge on any atom is 0.336 e. The van der Waals surface area contributed by atoms with Crippen LogP contribution in [-0.2, 0) is 0 Å². The number of ether oxygens (including phenoxy) is 1. The molecule has 7 aromatic carbocycles. The minimum absolute atomic E-state index is 0.0972. The standard InChI is InChI=1S/C42H22BN3O2/c1-4-18-30-23(11-1)25-13-9-15-27-35-36-28-16-10-14-26-24-12-2-5-19-31(24)45(39(26)28)46-32-20-6-8-22-34(32)48-42(40(36)46)41-37(35)43(44(30)38(25)27)29-17-3-7-21-33(29)47-41/h1-22H. The zero-order valence-corrected chi connectivity index (χ0v) is 25.4. The number of hydrogen-bond acceptors (Lipinski definition) is 2. The van der Waals surface area contributed by atoms with Gasteiger partial charge in [0.1, 0.15) is 17.0 Å². The molecule has 4 aliphatic heterocycles. The number of nitrogens with zero attached hydrogens (tertiary/aromatic N) is 3. The summed E-state index contributed by atoms with van der Waals surface area (Å²) in [7, 11) is 0. The quantitative estimate of drug-likeness (QED) is 0.0974. The highest BCUT2D eigenvalue weighted by molar-refractivity contribution is 6.89. The van der Waals surface area contributed by atoms with Gasteiger partial charge in [0.05, 0.1) is 11.0 Å². The molecule has 48 heavy (non-hydrogen) atoms. The molecule has 0 N–H and O–H groups in total. The monoisotopic (exact) mass is 611 g/mol. The number of benzene rings is 7. The largest absolute Gasteiger partial charge is 0.454 e. The fraction of sp³-hybridized carbons (Fsp3) is 0. The minimum Gasteiger partial charge on any atom is -0.454 e. The Morgan fingerprint density at radius 3 is 2.10 bits per heavy atom. The third kappa shape index (κ3) is 2.50. The Hall–Kier alpha value is -6.40. The van der Waals surface area contributed by atoms with Crippen molar-refractivity contribution in [3.05, 3.63) is 133 Å². The van der Waals surface area contributed by atoms with Crippen molar-refractivity contribution in [1.29, 1.82) is 0 Å². The van der Waals surface area contributed by atoms with Crippen molar-refractivity contribution in [3.63, 3.8) is 0 Å². The fourth-order valence-corrected chi connectivity index (χ4v) is 9.33. The van der Waals surface area contributed by atoms with Crippen molar-refractivity contribution < 1.29 is 9.15 Å². The molecule has 13 rings (SSSR count). The molecule has 0 radical (unpaired) electrons. The fourth-order valence-electron chi connectivity index (χ4n) is 9.33. The molecule has 0 aliphatic carbocycles. The summed E-state index contributed by atoms with van der Waals surface area (Å²) in [5.74, 6) is 1.65. The molecule has 2 aromatic heterocycles. The third-order valence-electron chi connectivity index (χ3n) is 11.0. The van der Waals surface area contributed by atoms with E-state index in [0.29, 0.717) is 0 Å². The topological polar surface area (TPSA) is 36.6 Å². The van der Waals surface area contributed by atoms with E-state index in [-0.39, 0.29) is 6.85 Å². The van der Waals surface area contributed by atoms with Crippen molar-refractivity contribution in [2.45, 2.75) is 0 Å². The number of rotatable bonds is 0. The lowest BCUT2D eigenvalue weighted by Gasteiger charge is -2.36. The van der Waals surface area contributed by atoms with E-state index in [1.54, 1.807) is 0 Å². The lowest BCUT2D eigenvalue weighted by atomic mass is 9.46. The molecule has 0 unspecified atom stereocenters. The van der Waals surface area contributed by atoms with E-state index in [9.17, 15) is 0 Å². The van der Waals surface area contributed by atoms with Crippen LogP contribution in [0, 0.1) is 0 Å². The smallest absolute Gasteiger partial charge is 0.336 e. The van der Waals surface area contributed by atoms with Crippen LogP contribution in [0.5, 0.6) is 11.5 Å². The van der Waals surface area contributed by atoms with Crippen LogP contribution in [-0.4, -0.2) is 20.5 Å². The summed E-state index contributed by atoms with van der Waals surface area (Å²) in [5.41, 5.74) is 13.2. The van der Waals surface area contributed by atoms with Crippen LogP contribution in [0.15, 0.2) is 138 Å². The SMILES string of the molecule is c1ccc2c(c1)Oc1c3c(c4c5c1oc1ccccc1n-5n1c5ccccc5c5cccc4c51)-c1cccc4c5ccccc5n(c14)B23. The van der Waals surface area contributed by atoms with Gasteiger partial charge in [-0.1, -0.05) is 103 Å². The van der Waals surface area contributed by atoms with Crippen molar-refractivity contribution >= 4 is 88.8 Å². The van der Waals surface area contributed by atoms with Gasteiger partial charge in [-0.25, -0.2) is 9.20 Å². The molecule has 9 aromatic rings. The van der Waals surface area contributed by atoms with E-state index in [4.69, 9.17) is 9.15 Å². The van der Waals surface area contributed by atoms with E-state index >= 15 is 0 Å². The Morgan fingerprint density at radius 1 is 0.542 bits per heavy atom. The van der Waals surface area contributed by atoms with Crippen molar-refractivity contribution in [2.75, 3.05) is 0 Å². The highest BCUT2D eigenvalue weighted by Crippen LogP contribution is 2.51. The van der Waals surface area contributed by atoms with E-state index in [1.165, 1.54) is 60.0 Å². The highest BCUT2D eigenvalue weighted by atomic mass is 16.5. The summed E-state index contributed by atoms with van der Waals surface area (Å²) in [4.78, 5) is 0. The predicted molar refractivity (Wildman–Crippen MR) is 196 cm³/mol. The summed E-state index contributed by atoms with van der Waals surface area (Å²) in [6.45, 7) is -0.0972. The molecule has 0 saturated heterocycles. The number of fused-ring (bicyclic) bond motifs is 16. The molecule has 220 valence electrons. The second-order valence-corrected chi connectivity index (χ2v) is 13.2. The van der Waals surface area contributed by atoms with Gasteiger partial charge in [-0.15, -0.1) is 0 Å². The van der Waals surface area contributed by atoms with Gasteiger partial charge in [0.2, 0.25) is 0 Å². The molecule has 0 atom stereocenters. The normalized spacial score (nSPS) is 13.5. The van der Waals surface area contributed by atoms with Crippen LogP contribution in [0.3, 0.4) is 0 Å². The average molecular weight is 611 g/mol. The van der Waals surface area contributed by atoms with Gasteiger partial charge in [0, 0.05) is 54.4 Å². The molecular weight excluding hydrogens is 589 g/mol. The second-order valence-electron chi connectivity index (χ2n) is 13.2. The van der Waals surface area contributed by atoms with Crippen LogP contribution in [0.25, 0.3) is 87.9 Å². The highest BCUT2D eigenvalue weighted by Gasteiger charge is 2.45. The Morgan fingerprint density at radius 2 is 1.21 bits per heavy atom. The van der Waals surface area contributed by atoms with Gasteiger partial charge < -0.3 is 13.6 Å².